The molecular weight excluding hydrogens is 354 g/mol. The van der Waals surface area contributed by atoms with Gasteiger partial charge in [-0.15, -0.1) is 0 Å². The van der Waals surface area contributed by atoms with Gasteiger partial charge in [-0.2, -0.15) is 0 Å². The molecule has 3 aliphatic rings. The zero-order valence-corrected chi connectivity index (χ0v) is 16.3. The predicted octanol–water partition coefficient (Wildman–Crippen LogP) is 2.99. The summed E-state index contributed by atoms with van der Waals surface area (Å²) in [5, 5.41) is 11.9. The van der Waals surface area contributed by atoms with E-state index in [2.05, 4.69) is 6.07 Å². The Bertz CT molecular complexity index is 926. The topological polar surface area (TPSA) is 59.0 Å². The third-order valence-electron chi connectivity index (χ3n) is 7.05. The maximum Gasteiger partial charge on any atom is 0.260 e. The molecule has 0 unspecified atom stereocenters. The molecule has 1 saturated carbocycles. The molecule has 5 nitrogen and oxygen atoms in total. The van der Waals surface area contributed by atoms with E-state index in [-0.39, 0.29) is 11.8 Å². The fraction of sp³-hybridized carbons (Fsp3) is 0.435. The standard InChI is InChI=1S/C23H25NO4/c1-27-17-13-15-10-12-24-21(25)23(26,16-7-4-3-5-8-16)19-9-6-11-22(19,24)20(15)18(14-17)28-2/h3-5,7-8,13-14,19,26H,6,9-12H2,1-2H3/t19-,22+,23+/m0/s1. The first-order chi connectivity index (χ1) is 13.6. The van der Waals surface area contributed by atoms with Gasteiger partial charge in [-0.3, -0.25) is 4.79 Å². The lowest BCUT2D eigenvalue weighted by Crippen LogP contribution is -2.49. The molecule has 2 fully saturated rings. The van der Waals surface area contributed by atoms with Crippen molar-refractivity contribution >= 4 is 5.91 Å². The van der Waals surface area contributed by atoms with Gasteiger partial charge in [0.2, 0.25) is 0 Å². The van der Waals surface area contributed by atoms with Crippen LogP contribution in [-0.2, 0) is 22.4 Å². The van der Waals surface area contributed by atoms with Gasteiger partial charge < -0.3 is 19.5 Å². The first-order valence-electron chi connectivity index (χ1n) is 9.92. The number of rotatable bonds is 3. The molecule has 1 aliphatic carbocycles. The normalized spacial score (nSPS) is 30.6. The molecule has 146 valence electrons. The summed E-state index contributed by atoms with van der Waals surface area (Å²) < 4.78 is 11.2. The molecule has 0 radical (unpaired) electrons. The number of carbonyl (C=O) groups is 1. The minimum atomic E-state index is -1.50. The van der Waals surface area contributed by atoms with Crippen LogP contribution in [0.2, 0.25) is 0 Å². The van der Waals surface area contributed by atoms with E-state index >= 15 is 0 Å². The molecule has 5 heteroatoms. The molecule has 5 rings (SSSR count). The van der Waals surface area contributed by atoms with Gasteiger partial charge in [0.25, 0.3) is 5.91 Å². The van der Waals surface area contributed by atoms with Gasteiger partial charge in [-0.25, -0.2) is 0 Å². The number of amides is 1. The Morgan fingerprint density at radius 3 is 2.64 bits per heavy atom. The van der Waals surface area contributed by atoms with Crippen LogP contribution in [0.25, 0.3) is 0 Å². The number of carbonyl (C=O) groups excluding carboxylic acids is 1. The maximum absolute atomic E-state index is 13.6. The number of nitrogens with zero attached hydrogens (tertiary/aromatic N) is 1. The van der Waals surface area contributed by atoms with Crippen molar-refractivity contribution in [2.24, 2.45) is 5.92 Å². The lowest BCUT2D eigenvalue weighted by Gasteiger charge is -2.44. The second kappa shape index (κ2) is 5.98. The highest BCUT2D eigenvalue weighted by molar-refractivity contribution is 5.92. The maximum atomic E-state index is 13.6. The fourth-order valence-corrected chi connectivity index (χ4v) is 6.00. The van der Waals surface area contributed by atoms with Gasteiger partial charge in [0.15, 0.2) is 5.60 Å². The van der Waals surface area contributed by atoms with Gasteiger partial charge in [-0.1, -0.05) is 36.8 Å². The lowest BCUT2D eigenvalue weighted by molar-refractivity contribution is -0.147. The van der Waals surface area contributed by atoms with E-state index in [0.717, 1.165) is 48.3 Å². The van der Waals surface area contributed by atoms with Crippen molar-refractivity contribution in [3.8, 4) is 11.5 Å². The van der Waals surface area contributed by atoms with Crippen molar-refractivity contribution < 1.29 is 19.4 Å². The Balaban J connectivity index is 1.76. The fourth-order valence-electron chi connectivity index (χ4n) is 6.00. The Hall–Kier alpha value is -2.53. The smallest absolute Gasteiger partial charge is 0.260 e. The second-order valence-corrected chi connectivity index (χ2v) is 8.07. The molecule has 1 amide bonds. The molecule has 0 aromatic heterocycles. The first kappa shape index (κ1) is 17.6. The highest BCUT2D eigenvalue weighted by Crippen LogP contribution is 2.64. The Labute approximate surface area is 164 Å². The summed E-state index contributed by atoms with van der Waals surface area (Å²) in [5.74, 6) is 1.14. The summed E-state index contributed by atoms with van der Waals surface area (Å²) in [6.07, 6.45) is 3.35. The number of ether oxygens (including phenoxy) is 2. The highest BCUT2D eigenvalue weighted by Gasteiger charge is 2.70. The van der Waals surface area contributed by atoms with Crippen LogP contribution in [0, 0.1) is 5.92 Å². The third-order valence-corrected chi connectivity index (χ3v) is 7.05. The van der Waals surface area contributed by atoms with Crippen molar-refractivity contribution in [3.05, 3.63) is 59.2 Å². The number of fused-ring (bicyclic) bond motifs is 1. The zero-order valence-electron chi connectivity index (χ0n) is 16.3. The monoisotopic (exact) mass is 379 g/mol. The molecule has 3 atom stereocenters. The third kappa shape index (κ3) is 1.97. The molecule has 1 saturated heterocycles. The number of methoxy groups -OCH3 is 2. The van der Waals surface area contributed by atoms with Crippen molar-refractivity contribution in [2.75, 3.05) is 20.8 Å². The van der Waals surface area contributed by atoms with E-state index in [9.17, 15) is 9.90 Å². The van der Waals surface area contributed by atoms with Crippen LogP contribution in [0.1, 0.15) is 36.0 Å². The van der Waals surface area contributed by atoms with Gasteiger partial charge in [-0.05, 0) is 36.5 Å². The summed E-state index contributed by atoms with van der Waals surface area (Å²) >= 11 is 0. The quantitative estimate of drug-likeness (QED) is 0.891. The first-order valence-corrected chi connectivity index (χ1v) is 9.92. The van der Waals surface area contributed by atoms with Crippen molar-refractivity contribution in [3.63, 3.8) is 0 Å². The van der Waals surface area contributed by atoms with Crippen molar-refractivity contribution in [1.29, 1.82) is 0 Å². The van der Waals surface area contributed by atoms with Crippen molar-refractivity contribution in [2.45, 2.75) is 36.8 Å². The van der Waals surface area contributed by atoms with E-state index < -0.39 is 11.1 Å². The summed E-state index contributed by atoms with van der Waals surface area (Å²) in [5.41, 5.74) is 0.890. The van der Waals surface area contributed by atoms with E-state index in [4.69, 9.17) is 9.47 Å². The lowest BCUT2D eigenvalue weighted by atomic mass is 9.70. The van der Waals surface area contributed by atoms with Gasteiger partial charge in [0, 0.05) is 24.1 Å². The largest absolute Gasteiger partial charge is 0.497 e. The SMILES string of the molecule is COc1cc2c(c(OC)c1)[C@@]13CCC[C@@H]1[C@](O)(c1ccccc1)C(=O)N3CC2. The zero-order chi connectivity index (χ0) is 19.5. The van der Waals surface area contributed by atoms with Crippen molar-refractivity contribution in [1.82, 2.24) is 4.90 Å². The molecule has 28 heavy (non-hydrogen) atoms. The second-order valence-electron chi connectivity index (χ2n) is 8.07. The predicted molar refractivity (Wildman–Crippen MR) is 104 cm³/mol. The number of hydrogen-bond acceptors (Lipinski definition) is 4. The Morgan fingerprint density at radius 2 is 1.93 bits per heavy atom. The molecule has 1 spiro atoms. The molecule has 0 bridgehead atoms. The molecule has 2 aromatic rings. The summed E-state index contributed by atoms with van der Waals surface area (Å²) in [7, 11) is 3.31. The molecular formula is C23H25NO4. The molecule has 2 aliphatic heterocycles. The van der Waals surface area contributed by atoms with Crippen LogP contribution >= 0.6 is 0 Å². The average molecular weight is 379 g/mol. The molecule has 2 aromatic carbocycles. The van der Waals surface area contributed by atoms with Crippen LogP contribution in [0.15, 0.2) is 42.5 Å². The molecule has 2 heterocycles. The Kier molecular flexibility index (Phi) is 3.75. The van der Waals surface area contributed by atoms with E-state index in [1.165, 1.54) is 0 Å². The van der Waals surface area contributed by atoms with Crippen LogP contribution in [0.3, 0.4) is 0 Å². The molecule has 1 N–H and O–H groups in total. The average Bonchev–Trinajstić information content (AvgIpc) is 3.24. The highest BCUT2D eigenvalue weighted by atomic mass is 16.5. The minimum Gasteiger partial charge on any atom is -0.497 e. The van der Waals surface area contributed by atoms with Gasteiger partial charge in [0.05, 0.1) is 19.8 Å². The number of hydrogen-bond donors (Lipinski definition) is 1. The summed E-state index contributed by atoms with van der Waals surface area (Å²) in [4.78, 5) is 15.6. The Morgan fingerprint density at radius 1 is 1.14 bits per heavy atom. The van der Waals surface area contributed by atoms with Crippen LogP contribution in [-0.4, -0.2) is 36.7 Å². The van der Waals surface area contributed by atoms with E-state index in [1.54, 1.807) is 14.2 Å². The number of aliphatic hydroxyl groups is 1. The van der Waals surface area contributed by atoms with Crippen LogP contribution in [0.4, 0.5) is 0 Å². The van der Waals surface area contributed by atoms with Gasteiger partial charge in [0.1, 0.15) is 11.5 Å². The summed E-state index contributed by atoms with van der Waals surface area (Å²) in [6, 6.07) is 13.4. The summed E-state index contributed by atoms with van der Waals surface area (Å²) in [6.45, 7) is 0.605. The van der Waals surface area contributed by atoms with E-state index in [0.29, 0.717) is 12.1 Å². The van der Waals surface area contributed by atoms with Crippen LogP contribution in [0.5, 0.6) is 11.5 Å². The van der Waals surface area contributed by atoms with Crippen LogP contribution < -0.4 is 9.47 Å². The van der Waals surface area contributed by atoms with E-state index in [1.807, 2.05) is 41.3 Å². The minimum absolute atomic E-state index is 0.174. The van der Waals surface area contributed by atoms with Gasteiger partial charge >= 0.3 is 0 Å². The number of benzene rings is 2.